The van der Waals surface area contributed by atoms with Gasteiger partial charge in [-0.25, -0.2) is 5.48 Å². The molecule has 0 radical (unpaired) electrons. The van der Waals surface area contributed by atoms with Crippen molar-refractivity contribution in [3.8, 4) is 0 Å². The summed E-state index contributed by atoms with van der Waals surface area (Å²) in [4.78, 5) is 34.2. The second kappa shape index (κ2) is 8.00. The normalized spacial score (nSPS) is 25.4. The number of hydroxylamine groups is 1. The Kier molecular flexibility index (Phi) is 5.26. The molecule has 0 bridgehead atoms. The summed E-state index contributed by atoms with van der Waals surface area (Å²) >= 11 is 0. The van der Waals surface area contributed by atoms with E-state index in [0.29, 0.717) is 24.8 Å². The number of carbonyl (C=O) groups is 2. The maximum atomic E-state index is 12.7. The van der Waals surface area contributed by atoms with Crippen LogP contribution >= 0.6 is 0 Å². The molecule has 8 heteroatoms. The molecule has 1 aromatic carbocycles. The van der Waals surface area contributed by atoms with Crippen molar-refractivity contribution >= 4 is 18.0 Å². The van der Waals surface area contributed by atoms with Crippen molar-refractivity contribution in [2.24, 2.45) is 11.1 Å². The zero-order chi connectivity index (χ0) is 20.3. The van der Waals surface area contributed by atoms with Gasteiger partial charge in [-0.2, -0.15) is 0 Å². The van der Waals surface area contributed by atoms with Crippen LogP contribution in [0.4, 0.5) is 0 Å². The summed E-state index contributed by atoms with van der Waals surface area (Å²) in [6.07, 6.45) is 7.91. The smallest absolute Gasteiger partial charge is 0.251 e. The number of nitrogens with zero attached hydrogens (tertiary/aromatic N) is 2. The summed E-state index contributed by atoms with van der Waals surface area (Å²) in [5, 5.41) is 15.8. The lowest BCUT2D eigenvalue weighted by Crippen LogP contribution is -2.43. The number of aromatic nitrogens is 1. The van der Waals surface area contributed by atoms with E-state index in [1.807, 2.05) is 24.3 Å². The van der Waals surface area contributed by atoms with Crippen LogP contribution in [0.15, 0.2) is 53.9 Å². The molecule has 3 atom stereocenters. The van der Waals surface area contributed by atoms with E-state index >= 15 is 0 Å². The summed E-state index contributed by atoms with van der Waals surface area (Å²) in [7, 11) is 0. The van der Waals surface area contributed by atoms with Crippen molar-refractivity contribution in [2.45, 2.75) is 37.3 Å². The van der Waals surface area contributed by atoms with Crippen molar-refractivity contribution in [1.29, 1.82) is 0 Å². The zero-order valence-electron chi connectivity index (χ0n) is 15.7. The SMILES string of the molecule is O=C(N[C@@H]1CCC[C@@H]1C(=O)NO)c1ccc(C2(c3ccncc3)CC=NO2)cc1. The minimum absolute atomic E-state index is 0.249. The Labute approximate surface area is 167 Å². The van der Waals surface area contributed by atoms with Crippen molar-refractivity contribution in [2.75, 3.05) is 0 Å². The highest BCUT2D eigenvalue weighted by Crippen LogP contribution is 2.39. The van der Waals surface area contributed by atoms with Crippen LogP contribution in [0.2, 0.25) is 0 Å². The van der Waals surface area contributed by atoms with Gasteiger partial charge in [0.25, 0.3) is 5.91 Å². The number of pyridine rings is 1. The van der Waals surface area contributed by atoms with Crippen molar-refractivity contribution in [3.05, 3.63) is 65.5 Å². The lowest BCUT2D eigenvalue weighted by molar-refractivity contribution is -0.133. The first kappa shape index (κ1) is 19.1. The van der Waals surface area contributed by atoms with Crippen molar-refractivity contribution in [1.82, 2.24) is 15.8 Å². The molecular formula is C21H22N4O4. The summed E-state index contributed by atoms with van der Waals surface area (Å²) in [5.74, 6) is -1.12. The maximum absolute atomic E-state index is 12.7. The van der Waals surface area contributed by atoms with E-state index in [2.05, 4.69) is 15.5 Å². The van der Waals surface area contributed by atoms with E-state index in [1.165, 1.54) is 0 Å². The first-order valence-electron chi connectivity index (χ1n) is 9.60. The van der Waals surface area contributed by atoms with Crippen LogP contribution in [-0.4, -0.2) is 34.3 Å². The third-order valence-electron chi connectivity index (χ3n) is 5.70. The number of rotatable bonds is 5. The van der Waals surface area contributed by atoms with Crippen LogP contribution < -0.4 is 10.8 Å². The molecule has 0 saturated heterocycles. The van der Waals surface area contributed by atoms with Gasteiger partial charge in [-0.15, -0.1) is 0 Å². The molecule has 2 heterocycles. The minimum atomic E-state index is -0.728. The molecule has 1 aliphatic carbocycles. The van der Waals surface area contributed by atoms with E-state index in [4.69, 9.17) is 10.0 Å². The summed E-state index contributed by atoms with van der Waals surface area (Å²) in [5.41, 5.74) is 3.27. The number of hydrogen-bond acceptors (Lipinski definition) is 6. The van der Waals surface area contributed by atoms with Gasteiger partial charge in [0.2, 0.25) is 5.91 Å². The maximum Gasteiger partial charge on any atom is 0.251 e. The molecule has 2 amide bonds. The van der Waals surface area contributed by atoms with Gasteiger partial charge in [-0.3, -0.25) is 19.8 Å². The molecule has 3 N–H and O–H groups in total. The topological polar surface area (TPSA) is 113 Å². The van der Waals surface area contributed by atoms with Crippen LogP contribution in [0, 0.1) is 5.92 Å². The lowest BCUT2D eigenvalue weighted by atomic mass is 9.84. The molecule has 1 fully saturated rings. The minimum Gasteiger partial charge on any atom is -0.379 e. The Bertz CT molecular complexity index is 906. The summed E-state index contributed by atoms with van der Waals surface area (Å²) in [6.45, 7) is 0. The van der Waals surface area contributed by atoms with Crippen LogP contribution in [0.1, 0.15) is 47.2 Å². The third-order valence-corrected chi connectivity index (χ3v) is 5.70. The van der Waals surface area contributed by atoms with E-state index in [-0.39, 0.29) is 11.9 Å². The number of oxime groups is 1. The van der Waals surface area contributed by atoms with E-state index in [0.717, 1.165) is 17.5 Å². The van der Waals surface area contributed by atoms with Gasteiger partial charge < -0.3 is 10.2 Å². The van der Waals surface area contributed by atoms with Gasteiger partial charge in [0.15, 0.2) is 5.60 Å². The fourth-order valence-corrected chi connectivity index (χ4v) is 4.13. The van der Waals surface area contributed by atoms with Gasteiger partial charge in [-0.05, 0) is 37.1 Å². The first-order chi connectivity index (χ1) is 14.1. The largest absolute Gasteiger partial charge is 0.379 e. The van der Waals surface area contributed by atoms with E-state index in [1.54, 1.807) is 36.2 Å². The molecular weight excluding hydrogens is 372 g/mol. The molecule has 2 aliphatic rings. The Morgan fingerprint density at radius 3 is 2.45 bits per heavy atom. The first-order valence-corrected chi connectivity index (χ1v) is 9.60. The van der Waals surface area contributed by atoms with Gasteiger partial charge in [-0.1, -0.05) is 23.7 Å². The number of amides is 2. The van der Waals surface area contributed by atoms with Gasteiger partial charge in [0.1, 0.15) is 0 Å². The Morgan fingerprint density at radius 1 is 1.07 bits per heavy atom. The predicted octanol–water partition coefficient (Wildman–Crippen LogP) is 2.14. The molecule has 29 heavy (non-hydrogen) atoms. The fourth-order valence-electron chi connectivity index (χ4n) is 4.13. The van der Waals surface area contributed by atoms with E-state index < -0.39 is 17.4 Å². The predicted molar refractivity (Wildman–Crippen MR) is 104 cm³/mol. The van der Waals surface area contributed by atoms with Crippen molar-refractivity contribution in [3.63, 3.8) is 0 Å². The van der Waals surface area contributed by atoms with Gasteiger partial charge in [0, 0.05) is 47.8 Å². The fraction of sp³-hybridized carbons (Fsp3) is 0.333. The quantitative estimate of drug-likeness (QED) is 0.531. The standard InChI is InChI=1S/C21H22N4O4/c26-19(24-18-3-1-2-17(18)20(27)25-28)14-4-6-15(7-5-14)21(10-13-23-29-21)16-8-11-22-12-9-16/h4-9,11-13,17-18,28H,1-3,10H2,(H,24,26)(H,25,27)/t17-,18+,21?/m0/s1. The second-order valence-electron chi connectivity index (χ2n) is 7.32. The number of hydrogen-bond donors (Lipinski definition) is 3. The molecule has 0 spiro atoms. The average Bonchev–Trinajstić information content (AvgIpc) is 3.44. The molecule has 1 saturated carbocycles. The highest BCUT2D eigenvalue weighted by molar-refractivity contribution is 5.95. The van der Waals surface area contributed by atoms with E-state index in [9.17, 15) is 9.59 Å². The van der Waals surface area contributed by atoms with Crippen LogP contribution in [-0.2, 0) is 15.2 Å². The van der Waals surface area contributed by atoms with Gasteiger partial charge >= 0.3 is 0 Å². The molecule has 150 valence electrons. The summed E-state index contributed by atoms with van der Waals surface area (Å²) < 4.78 is 0. The highest BCUT2D eigenvalue weighted by atomic mass is 16.7. The van der Waals surface area contributed by atoms with Crippen LogP contribution in [0.25, 0.3) is 0 Å². The zero-order valence-corrected chi connectivity index (χ0v) is 15.7. The van der Waals surface area contributed by atoms with Gasteiger partial charge in [0.05, 0.1) is 5.92 Å². The third kappa shape index (κ3) is 3.58. The Balaban J connectivity index is 1.52. The Hall–Kier alpha value is -3.26. The lowest BCUT2D eigenvalue weighted by Gasteiger charge is -2.27. The second-order valence-corrected chi connectivity index (χ2v) is 7.32. The molecule has 4 rings (SSSR count). The molecule has 8 nitrogen and oxygen atoms in total. The Morgan fingerprint density at radius 2 is 1.79 bits per heavy atom. The van der Waals surface area contributed by atoms with Crippen molar-refractivity contribution < 1.29 is 19.6 Å². The number of nitrogens with one attached hydrogen (secondary N) is 2. The average molecular weight is 394 g/mol. The molecule has 1 aromatic heterocycles. The molecule has 2 aromatic rings. The monoisotopic (exact) mass is 394 g/mol. The summed E-state index contributed by atoms with van der Waals surface area (Å²) in [6, 6.07) is 10.7. The number of benzene rings is 1. The molecule has 1 aliphatic heterocycles. The van der Waals surface area contributed by atoms with Crippen LogP contribution in [0.5, 0.6) is 0 Å². The molecule has 1 unspecified atom stereocenters. The highest BCUT2D eigenvalue weighted by Gasteiger charge is 2.39. The van der Waals surface area contributed by atoms with Crippen LogP contribution in [0.3, 0.4) is 0 Å². The number of carbonyl (C=O) groups excluding carboxylic acids is 2.